The molecule has 0 aliphatic carbocycles. The molecule has 9 nitrogen and oxygen atoms in total. The third kappa shape index (κ3) is 12.9. The van der Waals surface area contributed by atoms with Crippen molar-refractivity contribution in [3.05, 3.63) is 35.9 Å². The van der Waals surface area contributed by atoms with E-state index < -0.39 is 36.5 Å². The largest absolute Gasteiger partial charge is 0.463 e. The second-order valence-corrected chi connectivity index (χ2v) is 10.9. The van der Waals surface area contributed by atoms with Crippen molar-refractivity contribution in [2.24, 2.45) is 11.8 Å². The van der Waals surface area contributed by atoms with Crippen LogP contribution in [0.3, 0.4) is 0 Å². The van der Waals surface area contributed by atoms with Gasteiger partial charge in [0.2, 0.25) is 0 Å². The predicted molar refractivity (Wildman–Crippen MR) is 156 cm³/mol. The SMILES string of the molecule is CCC(=O)OC1CC(=O)OC(C)CCN(CC#Cc2ccccc2)CC(O)C(C)CC(CC(OC)OC)CC1OC. The number of methoxy groups -OCH3 is 3. The zero-order chi connectivity index (χ0) is 30.2. The van der Waals surface area contributed by atoms with Crippen LogP contribution < -0.4 is 0 Å². The molecule has 1 N–H and O–H groups in total. The standard InChI is InChI=1S/C32H49NO8/c1-7-30(35)41-29-21-31(36)40-24(3)15-17-33(16-11-14-25-12-9-8-10-13-25)22-27(34)23(2)18-26(19-28(29)37-4)20-32(38-5)39-6/h8-10,12-13,23-24,26-29,32,34H,7,15-22H2,1-6H3. The summed E-state index contributed by atoms with van der Waals surface area (Å²) in [7, 11) is 4.72. The number of nitrogens with zero attached hydrogens (tertiary/aromatic N) is 1. The minimum Gasteiger partial charge on any atom is -0.463 e. The quantitative estimate of drug-likeness (QED) is 0.282. The Hall–Kier alpha value is -2.48. The van der Waals surface area contributed by atoms with E-state index in [0.29, 0.717) is 45.3 Å². The molecule has 0 saturated carbocycles. The Morgan fingerprint density at radius 3 is 2.46 bits per heavy atom. The Labute approximate surface area is 245 Å². The summed E-state index contributed by atoms with van der Waals surface area (Å²) in [5.41, 5.74) is 0.932. The fraction of sp³-hybridized carbons (Fsp3) is 0.688. The first kappa shape index (κ1) is 34.7. The van der Waals surface area contributed by atoms with Crippen LogP contribution in [0.2, 0.25) is 0 Å². The molecule has 6 unspecified atom stereocenters. The Bertz CT molecular complexity index is 957. The highest BCUT2D eigenvalue weighted by molar-refractivity contribution is 5.72. The fourth-order valence-corrected chi connectivity index (χ4v) is 5.08. The summed E-state index contributed by atoms with van der Waals surface area (Å²) >= 11 is 0. The number of carbonyl (C=O) groups excluding carboxylic acids is 2. The molecule has 1 aliphatic rings. The van der Waals surface area contributed by atoms with Crippen LogP contribution in [0.1, 0.15) is 64.9 Å². The van der Waals surface area contributed by atoms with E-state index >= 15 is 0 Å². The molecule has 1 saturated heterocycles. The van der Waals surface area contributed by atoms with Crippen LogP contribution in [0.5, 0.6) is 0 Å². The van der Waals surface area contributed by atoms with Crippen molar-refractivity contribution in [2.45, 2.75) is 90.0 Å². The molecule has 2 rings (SSSR count). The summed E-state index contributed by atoms with van der Waals surface area (Å²) in [6, 6.07) is 9.78. The molecule has 1 aromatic rings. The molecule has 0 bridgehead atoms. The molecule has 1 fully saturated rings. The average molecular weight is 576 g/mol. The molecule has 1 heterocycles. The molecule has 9 heteroatoms. The highest BCUT2D eigenvalue weighted by Gasteiger charge is 2.33. The van der Waals surface area contributed by atoms with Gasteiger partial charge in [0.15, 0.2) is 6.29 Å². The molecule has 0 aromatic heterocycles. The number of aliphatic hydroxyl groups excluding tert-OH is 1. The van der Waals surface area contributed by atoms with E-state index in [1.54, 1.807) is 28.3 Å². The van der Waals surface area contributed by atoms with Crippen molar-refractivity contribution < 1.29 is 38.4 Å². The lowest BCUT2D eigenvalue weighted by atomic mass is 9.84. The number of benzene rings is 1. The highest BCUT2D eigenvalue weighted by Crippen LogP contribution is 2.29. The Kier molecular flexibility index (Phi) is 16.0. The number of hydrogen-bond acceptors (Lipinski definition) is 9. The van der Waals surface area contributed by atoms with Crippen molar-refractivity contribution in [3.63, 3.8) is 0 Å². The van der Waals surface area contributed by atoms with Gasteiger partial charge in [-0.1, -0.05) is 43.9 Å². The molecule has 1 aliphatic heterocycles. The third-order valence-corrected chi connectivity index (χ3v) is 7.57. The van der Waals surface area contributed by atoms with Crippen LogP contribution in [0.25, 0.3) is 0 Å². The first-order valence-corrected chi connectivity index (χ1v) is 14.6. The first-order chi connectivity index (χ1) is 19.7. The van der Waals surface area contributed by atoms with Crippen LogP contribution in [-0.2, 0) is 33.3 Å². The van der Waals surface area contributed by atoms with Gasteiger partial charge in [-0.3, -0.25) is 14.5 Å². The molecule has 230 valence electrons. The highest BCUT2D eigenvalue weighted by atomic mass is 16.7. The topological polar surface area (TPSA) is 104 Å². The number of esters is 2. The van der Waals surface area contributed by atoms with Gasteiger partial charge in [-0.05, 0) is 50.2 Å². The van der Waals surface area contributed by atoms with Crippen molar-refractivity contribution in [1.82, 2.24) is 4.90 Å². The molecular weight excluding hydrogens is 526 g/mol. The minimum atomic E-state index is -0.798. The minimum absolute atomic E-state index is 0.0104. The second-order valence-electron chi connectivity index (χ2n) is 10.9. The molecule has 0 spiro atoms. The fourth-order valence-electron chi connectivity index (χ4n) is 5.08. The first-order valence-electron chi connectivity index (χ1n) is 14.6. The molecule has 41 heavy (non-hydrogen) atoms. The number of aliphatic hydroxyl groups is 1. The van der Waals surface area contributed by atoms with Crippen LogP contribution in [0, 0.1) is 23.7 Å². The lowest BCUT2D eigenvalue weighted by molar-refractivity contribution is -0.166. The van der Waals surface area contributed by atoms with E-state index in [2.05, 4.69) is 16.7 Å². The number of hydrogen-bond donors (Lipinski definition) is 1. The van der Waals surface area contributed by atoms with Gasteiger partial charge in [0.25, 0.3) is 0 Å². The van der Waals surface area contributed by atoms with Gasteiger partial charge in [-0.15, -0.1) is 0 Å². The maximum Gasteiger partial charge on any atom is 0.309 e. The lowest BCUT2D eigenvalue weighted by Crippen LogP contribution is -2.39. The molecule has 0 radical (unpaired) electrons. The maximum absolute atomic E-state index is 13.0. The van der Waals surface area contributed by atoms with Gasteiger partial charge >= 0.3 is 11.9 Å². The number of carbonyl (C=O) groups is 2. The van der Waals surface area contributed by atoms with Crippen LogP contribution >= 0.6 is 0 Å². The number of ether oxygens (including phenoxy) is 5. The summed E-state index contributed by atoms with van der Waals surface area (Å²) in [4.78, 5) is 27.3. The van der Waals surface area contributed by atoms with Gasteiger partial charge in [-0.2, -0.15) is 0 Å². The van der Waals surface area contributed by atoms with Crippen molar-refractivity contribution in [1.29, 1.82) is 0 Å². The summed E-state index contributed by atoms with van der Waals surface area (Å²) < 4.78 is 28.2. The van der Waals surface area contributed by atoms with Crippen LogP contribution in [0.15, 0.2) is 30.3 Å². The number of cyclic esters (lactones) is 1. The Balaban J connectivity index is 2.32. The van der Waals surface area contributed by atoms with Crippen LogP contribution in [-0.4, -0.2) is 93.6 Å². The average Bonchev–Trinajstić information content (AvgIpc) is 2.96. The smallest absolute Gasteiger partial charge is 0.309 e. The van der Waals surface area contributed by atoms with Gasteiger partial charge in [-0.25, -0.2) is 0 Å². The van der Waals surface area contributed by atoms with Crippen molar-refractivity contribution in [3.8, 4) is 11.8 Å². The maximum atomic E-state index is 13.0. The van der Waals surface area contributed by atoms with Gasteiger partial charge < -0.3 is 28.8 Å². The Morgan fingerprint density at radius 1 is 1.12 bits per heavy atom. The molecule has 0 amide bonds. The zero-order valence-corrected chi connectivity index (χ0v) is 25.5. The number of β-amino-alcohol motifs (C(OH)–C–C–N with tert-alkyl or cyclic N) is 1. The normalized spacial score (nSPS) is 27.2. The predicted octanol–water partition coefficient (Wildman–Crippen LogP) is 3.80. The van der Waals surface area contributed by atoms with Crippen molar-refractivity contribution in [2.75, 3.05) is 41.0 Å². The number of rotatable bonds is 8. The van der Waals surface area contributed by atoms with Gasteiger partial charge in [0.1, 0.15) is 12.2 Å². The summed E-state index contributed by atoms with van der Waals surface area (Å²) in [6.45, 7) is 7.08. The van der Waals surface area contributed by atoms with E-state index in [-0.39, 0.29) is 30.8 Å². The lowest BCUT2D eigenvalue weighted by Gasteiger charge is -2.32. The Morgan fingerprint density at radius 2 is 1.83 bits per heavy atom. The molecule has 1 aromatic carbocycles. The molecule has 6 atom stereocenters. The molecular formula is C32H49NO8. The van der Waals surface area contributed by atoms with E-state index in [0.717, 1.165) is 5.56 Å². The second kappa shape index (κ2) is 18.9. The van der Waals surface area contributed by atoms with E-state index in [1.165, 1.54) is 0 Å². The van der Waals surface area contributed by atoms with E-state index in [4.69, 9.17) is 23.7 Å². The van der Waals surface area contributed by atoms with Crippen molar-refractivity contribution >= 4 is 11.9 Å². The van der Waals surface area contributed by atoms with Gasteiger partial charge in [0.05, 0.1) is 25.2 Å². The zero-order valence-electron chi connectivity index (χ0n) is 25.5. The monoisotopic (exact) mass is 575 g/mol. The summed E-state index contributed by atoms with van der Waals surface area (Å²) in [5.74, 6) is 5.48. The third-order valence-electron chi connectivity index (χ3n) is 7.57. The van der Waals surface area contributed by atoms with Crippen LogP contribution in [0.4, 0.5) is 0 Å². The van der Waals surface area contributed by atoms with E-state index in [9.17, 15) is 14.7 Å². The summed E-state index contributed by atoms with van der Waals surface area (Å²) in [5, 5.41) is 11.3. The summed E-state index contributed by atoms with van der Waals surface area (Å²) in [6.07, 6.45) is -0.449. The van der Waals surface area contributed by atoms with Gasteiger partial charge in [0, 0.05) is 52.8 Å². The van der Waals surface area contributed by atoms with E-state index in [1.807, 2.05) is 44.2 Å².